The number of piperazine rings is 1. The zero-order valence-corrected chi connectivity index (χ0v) is 16.3. The summed E-state index contributed by atoms with van der Waals surface area (Å²) < 4.78 is 25.5. The molecular weight excluding hydrogens is 387 g/mol. The van der Waals surface area contributed by atoms with Crippen LogP contribution in [-0.4, -0.2) is 54.3 Å². The molecule has 8 nitrogen and oxygen atoms in total. The van der Waals surface area contributed by atoms with E-state index < -0.39 is 5.82 Å². The average Bonchev–Trinajstić information content (AvgIpc) is 2.81. The third-order valence-electron chi connectivity index (χ3n) is 5.03. The van der Waals surface area contributed by atoms with E-state index in [9.17, 15) is 4.39 Å². The summed E-state index contributed by atoms with van der Waals surface area (Å²) in [4.78, 5) is 15.1. The van der Waals surface area contributed by atoms with Crippen LogP contribution < -0.4 is 25.0 Å². The van der Waals surface area contributed by atoms with Crippen LogP contribution in [0.15, 0.2) is 42.7 Å². The Morgan fingerprint density at radius 3 is 2.60 bits per heavy atom. The molecule has 0 radical (unpaired) electrons. The number of anilines is 3. The van der Waals surface area contributed by atoms with Crippen LogP contribution in [0, 0.1) is 5.82 Å². The molecule has 0 aliphatic carbocycles. The lowest BCUT2D eigenvalue weighted by Crippen LogP contribution is -2.43. The van der Waals surface area contributed by atoms with Crippen LogP contribution in [0.25, 0.3) is 11.3 Å². The Balaban J connectivity index is 1.36. The molecule has 9 heteroatoms. The second-order valence-corrected chi connectivity index (χ2v) is 7.01. The topological polar surface area (TPSA) is 84.4 Å². The van der Waals surface area contributed by atoms with Crippen molar-refractivity contribution in [3.05, 3.63) is 48.5 Å². The summed E-state index contributed by atoms with van der Waals surface area (Å²) >= 11 is 0. The second-order valence-electron chi connectivity index (χ2n) is 7.01. The number of hydrogen-bond acceptors (Lipinski definition) is 8. The molecule has 4 heterocycles. The van der Waals surface area contributed by atoms with Crippen LogP contribution in [0.3, 0.4) is 0 Å². The fourth-order valence-electron chi connectivity index (χ4n) is 3.51. The third-order valence-corrected chi connectivity index (χ3v) is 5.03. The van der Waals surface area contributed by atoms with Crippen LogP contribution in [0.5, 0.6) is 11.5 Å². The predicted molar refractivity (Wildman–Crippen MR) is 111 cm³/mol. The van der Waals surface area contributed by atoms with Crippen LogP contribution in [0.1, 0.15) is 0 Å². The molecule has 3 aromatic rings. The van der Waals surface area contributed by atoms with Crippen molar-refractivity contribution in [2.75, 3.05) is 49.6 Å². The van der Waals surface area contributed by atoms with Gasteiger partial charge in [-0.15, -0.1) is 0 Å². The highest BCUT2D eigenvalue weighted by Gasteiger charge is 2.16. The number of fused-ring (bicyclic) bond motifs is 1. The maximum Gasteiger partial charge on any atom is 0.229 e. The lowest BCUT2D eigenvalue weighted by molar-refractivity contribution is 0.171. The van der Waals surface area contributed by atoms with Gasteiger partial charge in [0.1, 0.15) is 24.7 Å². The molecule has 5 rings (SSSR count). The smallest absolute Gasteiger partial charge is 0.229 e. The first-order valence-electron chi connectivity index (χ1n) is 9.87. The van der Waals surface area contributed by atoms with Gasteiger partial charge in [0.25, 0.3) is 0 Å². The molecule has 30 heavy (non-hydrogen) atoms. The van der Waals surface area contributed by atoms with Crippen molar-refractivity contribution >= 4 is 17.5 Å². The van der Waals surface area contributed by atoms with Crippen LogP contribution in [0.4, 0.5) is 21.8 Å². The third kappa shape index (κ3) is 3.84. The van der Waals surface area contributed by atoms with E-state index in [4.69, 9.17) is 9.47 Å². The van der Waals surface area contributed by atoms with Crippen molar-refractivity contribution in [1.29, 1.82) is 0 Å². The van der Waals surface area contributed by atoms with E-state index in [-0.39, 0.29) is 11.6 Å². The molecule has 0 atom stereocenters. The molecule has 2 aliphatic heterocycles. The molecule has 2 aromatic heterocycles. The van der Waals surface area contributed by atoms with Gasteiger partial charge in [-0.25, -0.2) is 19.3 Å². The first-order valence-corrected chi connectivity index (χ1v) is 9.87. The number of hydrogen-bond donors (Lipinski definition) is 2. The van der Waals surface area contributed by atoms with Gasteiger partial charge in [-0.1, -0.05) is 0 Å². The highest BCUT2D eigenvalue weighted by molar-refractivity contribution is 5.66. The Morgan fingerprint density at radius 1 is 0.967 bits per heavy atom. The number of aromatic nitrogens is 3. The Morgan fingerprint density at radius 2 is 1.80 bits per heavy atom. The first-order chi connectivity index (χ1) is 14.8. The molecule has 2 aliphatic rings. The maximum atomic E-state index is 14.4. The van der Waals surface area contributed by atoms with Gasteiger partial charge in [-0.2, -0.15) is 0 Å². The summed E-state index contributed by atoms with van der Waals surface area (Å²) in [5.74, 6) is 1.57. The quantitative estimate of drug-likeness (QED) is 0.682. The van der Waals surface area contributed by atoms with Gasteiger partial charge in [0.2, 0.25) is 5.95 Å². The number of halogens is 1. The molecule has 1 saturated heterocycles. The lowest BCUT2D eigenvalue weighted by Gasteiger charge is -2.29. The molecular formula is C21H21FN6O2. The van der Waals surface area contributed by atoms with E-state index in [1.165, 1.54) is 0 Å². The average molecular weight is 408 g/mol. The normalized spacial score (nSPS) is 15.7. The van der Waals surface area contributed by atoms with Gasteiger partial charge < -0.3 is 25.0 Å². The Bertz CT molecular complexity index is 1040. The first kappa shape index (κ1) is 18.6. The number of benzene rings is 1. The van der Waals surface area contributed by atoms with Crippen molar-refractivity contribution < 1.29 is 13.9 Å². The van der Waals surface area contributed by atoms with E-state index >= 15 is 0 Å². The van der Waals surface area contributed by atoms with Gasteiger partial charge in [0, 0.05) is 31.7 Å². The van der Waals surface area contributed by atoms with Gasteiger partial charge in [0.15, 0.2) is 17.3 Å². The van der Waals surface area contributed by atoms with Crippen molar-refractivity contribution in [2.45, 2.75) is 0 Å². The molecule has 154 valence electrons. The summed E-state index contributed by atoms with van der Waals surface area (Å²) in [5.41, 5.74) is 1.84. The van der Waals surface area contributed by atoms with E-state index in [2.05, 4.69) is 30.5 Å². The number of pyridine rings is 1. The largest absolute Gasteiger partial charge is 0.486 e. The molecule has 0 amide bonds. The van der Waals surface area contributed by atoms with E-state index in [1.54, 1.807) is 18.2 Å². The van der Waals surface area contributed by atoms with Crippen molar-refractivity contribution in [3.63, 3.8) is 0 Å². The van der Waals surface area contributed by atoms with Crippen molar-refractivity contribution in [2.24, 2.45) is 0 Å². The van der Waals surface area contributed by atoms with Crippen LogP contribution in [-0.2, 0) is 0 Å². The highest BCUT2D eigenvalue weighted by Crippen LogP contribution is 2.34. The molecule has 1 fully saturated rings. The molecule has 0 saturated carbocycles. The van der Waals surface area contributed by atoms with Gasteiger partial charge in [-0.3, -0.25) is 0 Å². The van der Waals surface area contributed by atoms with E-state index in [1.807, 2.05) is 18.3 Å². The van der Waals surface area contributed by atoms with E-state index in [0.29, 0.717) is 36.1 Å². The summed E-state index contributed by atoms with van der Waals surface area (Å²) in [6.45, 7) is 4.80. The minimum absolute atomic E-state index is 0.182. The summed E-state index contributed by atoms with van der Waals surface area (Å²) in [6.07, 6.45) is 2.97. The Labute approximate surface area is 173 Å². The highest BCUT2D eigenvalue weighted by atomic mass is 19.1. The maximum absolute atomic E-state index is 14.4. The molecule has 0 unspecified atom stereocenters. The zero-order valence-electron chi connectivity index (χ0n) is 16.3. The minimum Gasteiger partial charge on any atom is -0.486 e. The number of rotatable bonds is 4. The molecule has 1 aromatic carbocycles. The van der Waals surface area contributed by atoms with Gasteiger partial charge in [0.05, 0.1) is 18.1 Å². The second kappa shape index (κ2) is 8.11. The van der Waals surface area contributed by atoms with Gasteiger partial charge in [-0.05, 0) is 30.3 Å². The van der Waals surface area contributed by atoms with E-state index in [0.717, 1.165) is 38.1 Å². The molecule has 0 bridgehead atoms. The van der Waals surface area contributed by atoms with Gasteiger partial charge >= 0.3 is 0 Å². The monoisotopic (exact) mass is 408 g/mol. The Hall–Kier alpha value is -3.46. The summed E-state index contributed by atoms with van der Waals surface area (Å²) in [6, 6.07) is 9.11. The molecule has 0 spiro atoms. The number of ether oxygens (including phenoxy) is 2. The van der Waals surface area contributed by atoms with Crippen LogP contribution >= 0.6 is 0 Å². The number of nitrogens with zero attached hydrogens (tertiary/aromatic N) is 4. The zero-order chi connectivity index (χ0) is 20.3. The van der Waals surface area contributed by atoms with Crippen LogP contribution in [0.2, 0.25) is 0 Å². The number of nitrogens with one attached hydrogen (secondary N) is 2. The fraction of sp³-hybridized carbons (Fsp3) is 0.286. The minimum atomic E-state index is -0.515. The predicted octanol–water partition coefficient (Wildman–Crippen LogP) is 2.60. The van der Waals surface area contributed by atoms with Crippen molar-refractivity contribution in [1.82, 2.24) is 20.3 Å². The summed E-state index contributed by atoms with van der Waals surface area (Å²) in [5, 5.41) is 6.38. The SMILES string of the molecule is Fc1cnc(Nc2ccc(N3CCNCC3)cn2)nc1-c1ccc2c(c1)OCCO2. The standard InChI is InChI=1S/C21H21FN6O2/c22-16-13-25-21(26-19-4-2-15(12-24-19)28-7-5-23-6-8-28)27-20(16)14-1-3-17-18(11-14)30-10-9-29-17/h1-4,11-13,23H,5-10H2,(H,24,25,26,27). The molecule has 2 N–H and O–H groups in total. The van der Waals surface area contributed by atoms with Crippen molar-refractivity contribution in [3.8, 4) is 22.8 Å². The Kier molecular flexibility index (Phi) is 5.02. The lowest BCUT2D eigenvalue weighted by atomic mass is 10.1. The summed E-state index contributed by atoms with van der Waals surface area (Å²) in [7, 11) is 0. The fourth-order valence-corrected chi connectivity index (χ4v) is 3.51.